The fourth-order valence-electron chi connectivity index (χ4n) is 4.02. The first-order chi connectivity index (χ1) is 13.6. The van der Waals surface area contributed by atoms with Crippen LogP contribution in [0.5, 0.6) is 0 Å². The highest BCUT2D eigenvalue weighted by Crippen LogP contribution is 2.32. The number of benzene rings is 1. The first kappa shape index (κ1) is 18.9. The third-order valence-corrected chi connectivity index (χ3v) is 6.36. The van der Waals surface area contributed by atoms with Crippen molar-refractivity contribution >= 4 is 34.5 Å². The van der Waals surface area contributed by atoms with E-state index in [0.717, 1.165) is 38.0 Å². The van der Waals surface area contributed by atoms with E-state index in [9.17, 15) is 14.0 Å². The third kappa shape index (κ3) is 3.90. The number of hydrogen-bond acceptors (Lipinski definition) is 4. The summed E-state index contributed by atoms with van der Waals surface area (Å²) >= 11 is 1.41. The predicted octanol–water partition coefficient (Wildman–Crippen LogP) is 3.98. The maximum absolute atomic E-state index is 14.5. The summed E-state index contributed by atoms with van der Waals surface area (Å²) in [7, 11) is 0. The Labute approximate surface area is 168 Å². The van der Waals surface area contributed by atoms with E-state index in [1.807, 2.05) is 17.5 Å². The van der Waals surface area contributed by atoms with Crippen LogP contribution in [0.25, 0.3) is 0 Å². The van der Waals surface area contributed by atoms with Gasteiger partial charge in [0.15, 0.2) is 0 Å². The molecular formula is C21H24FN3O2S. The number of halogens is 1. The molecule has 2 saturated heterocycles. The number of likely N-dealkylation sites (tertiary alicyclic amines) is 1. The molecule has 2 aliphatic rings. The maximum Gasteiger partial charge on any atom is 0.263 e. The van der Waals surface area contributed by atoms with E-state index < -0.39 is 5.82 Å². The van der Waals surface area contributed by atoms with Crippen molar-refractivity contribution in [2.24, 2.45) is 5.92 Å². The van der Waals surface area contributed by atoms with E-state index in [-0.39, 0.29) is 23.4 Å². The van der Waals surface area contributed by atoms with Crippen LogP contribution < -0.4 is 10.2 Å². The number of rotatable bonds is 4. The van der Waals surface area contributed by atoms with Crippen LogP contribution in [0.1, 0.15) is 35.4 Å². The normalized spacial score (nSPS) is 19.7. The second kappa shape index (κ2) is 8.31. The highest BCUT2D eigenvalue weighted by molar-refractivity contribution is 7.12. The van der Waals surface area contributed by atoms with Gasteiger partial charge in [0.1, 0.15) is 11.5 Å². The molecule has 148 valence electrons. The number of nitrogens with one attached hydrogen (secondary N) is 1. The highest BCUT2D eigenvalue weighted by atomic mass is 32.1. The quantitative estimate of drug-likeness (QED) is 0.843. The Morgan fingerprint density at radius 3 is 2.64 bits per heavy atom. The van der Waals surface area contributed by atoms with Gasteiger partial charge in [-0.05, 0) is 49.3 Å². The summed E-state index contributed by atoms with van der Waals surface area (Å²) in [6.45, 7) is 2.77. The van der Waals surface area contributed by atoms with Gasteiger partial charge in [-0.2, -0.15) is 0 Å². The Bertz CT molecular complexity index is 849. The van der Waals surface area contributed by atoms with E-state index in [1.54, 1.807) is 17.0 Å². The van der Waals surface area contributed by atoms with E-state index >= 15 is 0 Å². The lowest BCUT2D eigenvalue weighted by molar-refractivity contribution is -0.121. The molecule has 0 saturated carbocycles. The molecule has 1 unspecified atom stereocenters. The number of amides is 2. The van der Waals surface area contributed by atoms with Crippen LogP contribution in [0.15, 0.2) is 35.7 Å². The largest absolute Gasteiger partial charge is 0.370 e. The fourth-order valence-corrected chi connectivity index (χ4v) is 4.71. The Morgan fingerprint density at radius 1 is 1.07 bits per heavy atom. The van der Waals surface area contributed by atoms with Gasteiger partial charge < -0.3 is 15.1 Å². The van der Waals surface area contributed by atoms with Gasteiger partial charge in [-0.3, -0.25) is 9.59 Å². The van der Waals surface area contributed by atoms with Crippen LogP contribution in [-0.4, -0.2) is 42.9 Å². The van der Waals surface area contributed by atoms with Gasteiger partial charge in [-0.25, -0.2) is 4.39 Å². The lowest BCUT2D eigenvalue weighted by Crippen LogP contribution is -2.43. The number of piperidine rings is 1. The minimum Gasteiger partial charge on any atom is -0.370 e. The average Bonchev–Trinajstić information content (AvgIpc) is 3.43. The molecule has 4 rings (SSSR count). The second-order valence-electron chi connectivity index (χ2n) is 7.38. The van der Waals surface area contributed by atoms with Crippen molar-refractivity contribution < 1.29 is 14.0 Å². The van der Waals surface area contributed by atoms with E-state index in [2.05, 4.69) is 10.2 Å². The van der Waals surface area contributed by atoms with Crippen LogP contribution >= 0.6 is 11.3 Å². The van der Waals surface area contributed by atoms with E-state index in [0.29, 0.717) is 24.4 Å². The molecule has 3 heterocycles. The molecule has 7 heteroatoms. The third-order valence-electron chi connectivity index (χ3n) is 5.50. The minimum atomic E-state index is -0.417. The number of hydrogen-bond donors (Lipinski definition) is 1. The monoisotopic (exact) mass is 401 g/mol. The standard InChI is InChI=1S/C21H24FN3O2S/c22-16-7-3-8-17(24-10-1-2-11-24)19(16)23-20(26)15-6-4-12-25(14-15)21(27)18-9-5-13-28-18/h3,5,7-9,13,15H,1-2,4,6,10-12,14H2,(H,23,26). The van der Waals surface area contributed by atoms with Gasteiger partial charge in [0.05, 0.1) is 16.5 Å². The molecule has 28 heavy (non-hydrogen) atoms. The summed E-state index contributed by atoms with van der Waals surface area (Å²) in [6.07, 6.45) is 3.62. The molecule has 0 radical (unpaired) electrons. The summed E-state index contributed by atoms with van der Waals surface area (Å²) in [5.41, 5.74) is 1.00. The van der Waals surface area contributed by atoms with E-state index in [1.165, 1.54) is 17.4 Å². The van der Waals surface area contributed by atoms with Gasteiger partial charge in [-0.1, -0.05) is 12.1 Å². The smallest absolute Gasteiger partial charge is 0.263 e. The zero-order valence-corrected chi connectivity index (χ0v) is 16.5. The Hall–Kier alpha value is -2.41. The van der Waals surface area contributed by atoms with Crippen LogP contribution in [0.3, 0.4) is 0 Å². The van der Waals surface area contributed by atoms with Gasteiger partial charge in [0.25, 0.3) is 5.91 Å². The van der Waals surface area contributed by atoms with Gasteiger partial charge in [-0.15, -0.1) is 11.3 Å². The van der Waals surface area contributed by atoms with Crippen LogP contribution in [0.4, 0.5) is 15.8 Å². The predicted molar refractivity (Wildman–Crippen MR) is 109 cm³/mol. The topological polar surface area (TPSA) is 52.7 Å². The summed E-state index contributed by atoms with van der Waals surface area (Å²) in [5, 5.41) is 4.70. The summed E-state index contributed by atoms with van der Waals surface area (Å²) in [5.74, 6) is -0.992. The number of para-hydroxylation sites is 1. The molecule has 0 aliphatic carbocycles. The molecule has 1 aromatic heterocycles. The van der Waals surface area contributed by atoms with Crippen molar-refractivity contribution in [1.82, 2.24) is 4.90 Å². The zero-order chi connectivity index (χ0) is 19.5. The zero-order valence-electron chi connectivity index (χ0n) is 15.7. The maximum atomic E-state index is 14.5. The first-order valence-corrected chi connectivity index (χ1v) is 10.7. The van der Waals surface area contributed by atoms with E-state index in [4.69, 9.17) is 0 Å². The summed E-state index contributed by atoms with van der Waals surface area (Å²) in [6, 6.07) is 8.57. The van der Waals surface area contributed by atoms with Crippen molar-refractivity contribution in [2.75, 3.05) is 36.4 Å². The van der Waals surface area contributed by atoms with Crippen LogP contribution in [0, 0.1) is 11.7 Å². The first-order valence-electron chi connectivity index (χ1n) is 9.80. The number of thiophene rings is 1. The van der Waals surface area contributed by atoms with Crippen molar-refractivity contribution in [2.45, 2.75) is 25.7 Å². The fraction of sp³-hybridized carbons (Fsp3) is 0.429. The van der Waals surface area contributed by atoms with Crippen LogP contribution in [-0.2, 0) is 4.79 Å². The highest BCUT2D eigenvalue weighted by Gasteiger charge is 2.30. The lowest BCUT2D eigenvalue weighted by atomic mass is 9.96. The molecular weight excluding hydrogens is 377 g/mol. The molecule has 2 fully saturated rings. The van der Waals surface area contributed by atoms with Crippen molar-refractivity contribution in [3.05, 3.63) is 46.4 Å². The molecule has 0 spiro atoms. The molecule has 2 aliphatic heterocycles. The molecule has 1 N–H and O–H groups in total. The molecule has 1 atom stereocenters. The Balaban J connectivity index is 1.47. The summed E-state index contributed by atoms with van der Waals surface area (Å²) in [4.78, 5) is 30.1. The van der Waals surface area contributed by atoms with Crippen molar-refractivity contribution in [3.8, 4) is 0 Å². The molecule has 1 aromatic carbocycles. The lowest BCUT2D eigenvalue weighted by Gasteiger charge is -2.32. The number of carbonyl (C=O) groups is 2. The Kier molecular flexibility index (Phi) is 5.62. The van der Waals surface area contributed by atoms with Gasteiger partial charge in [0, 0.05) is 26.2 Å². The van der Waals surface area contributed by atoms with Crippen molar-refractivity contribution in [3.63, 3.8) is 0 Å². The van der Waals surface area contributed by atoms with Crippen molar-refractivity contribution in [1.29, 1.82) is 0 Å². The molecule has 5 nitrogen and oxygen atoms in total. The number of carbonyl (C=O) groups excluding carboxylic acids is 2. The van der Waals surface area contributed by atoms with Gasteiger partial charge in [0.2, 0.25) is 5.91 Å². The number of nitrogens with zero attached hydrogens (tertiary/aromatic N) is 2. The summed E-state index contributed by atoms with van der Waals surface area (Å²) < 4.78 is 14.5. The number of anilines is 2. The second-order valence-corrected chi connectivity index (χ2v) is 8.33. The van der Waals surface area contributed by atoms with Crippen LogP contribution in [0.2, 0.25) is 0 Å². The molecule has 2 amide bonds. The molecule has 2 aromatic rings. The Morgan fingerprint density at radius 2 is 1.89 bits per heavy atom. The minimum absolute atomic E-state index is 0.0313. The average molecular weight is 402 g/mol. The molecule has 0 bridgehead atoms. The van der Waals surface area contributed by atoms with Gasteiger partial charge >= 0.3 is 0 Å². The SMILES string of the molecule is O=C(Nc1c(F)cccc1N1CCCC1)C1CCCN(C(=O)c2cccs2)C1.